The zero-order valence-corrected chi connectivity index (χ0v) is 11.3. The van der Waals surface area contributed by atoms with Crippen LogP contribution in [0.25, 0.3) is 0 Å². The maximum atomic E-state index is 12.2. The Hall–Kier alpha value is -2.09. The first kappa shape index (κ1) is 15.0. The number of urea groups is 1. The van der Waals surface area contributed by atoms with Crippen LogP contribution < -0.4 is 16.8 Å². The van der Waals surface area contributed by atoms with Crippen LogP contribution in [-0.4, -0.2) is 25.6 Å². The fourth-order valence-electron chi connectivity index (χ4n) is 1.46. The lowest BCUT2D eigenvalue weighted by Gasteiger charge is -2.14. The van der Waals surface area contributed by atoms with E-state index in [1.54, 1.807) is 18.3 Å². The monoisotopic (exact) mass is 285 g/mol. The summed E-state index contributed by atoms with van der Waals surface area (Å²) in [5.74, 6) is -0.992. The lowest BCUT2D eigenvalue weighted by molar-refractivity contribution is -0.119. The lowest BCUT2D eigenvalue weighted by atomic mass is 10.2. The molecule has 0 heterocycles. The number of aryl methyl sites for hydroxylation is 1. The minimum atomic E-state index is -3.98. The fourth-order valence-corrected chi connectivity index (χ4v) is 2.91. The predicted octanol–water partition coefficient (Wildman–Crippen LogP) is -0.0657. The van der Waals surface area contributed by atoms with Crippen molar-refractivity contribution >= 4 is 27.5 Å². The molecule has 0 aliphatic rings. The summed E-state index contributed by atoms with van der Waals surface area (Å²) >= 11 is 0. The summed E-state index contributed by atoms with van der Waals surface area (Å²) in [6.07, 6.45) is 0. The highest BCUT2D eigenvalue weighted by Gasteiger charge is 2.32. The SMILES string of the molecule is Cc1cccc(S(=O)(=O)C(C)C(=O)NC(N)=O)c1N. The van der Waals surface area contributed by atoms with Gasteiger partial charge >= 0.3 is 6.03 Å². The third-order valence-electron chi connectivity index (χ3n) is 2.67. The van der Waals surface area contributed by atoms with E-state index in [4.69, 9.17) is 11.5 Å². The normalized spacial score (nSPS) is 12.7. The van der Waals surface area contributed by atoms with E-state index in [9.17, 15) is 18.0 Å². The molecule has 0 saturated carbocycles. The molecule has 7 nitrogen and oxygen atoms in total. The number of hydrogen-bond donors (Lipinski definition) is 3. The number of benzene rings is 1. The molecule has 0 aliphatic carbocycles. The Morgan fingerprint density at radius 3 is 2.42 bits per heavy atom. The number of para-hydroxylation sites is 1. The Labute approximate surface area is 110 Å². The Kier molecular flexibility index (Phi) is 4.15. The smallest absolute Gasteiger partial charge is 0.318 e. The van der Waals surface area contributed by atoms with Crippen molar-refractivity contribution in [1.29, 1.82) is 0 Å². The Bertz CT molecular complexity index is 625. The highest BCUT2D eigenvalue weighted by Crippen LogP contribution is 2.25. The van der Waals surface area contributed by atoms with E-state index in [0.717, 1.165) is 6.92 Å². The largest absolute Gasteiger partial charge is 0.397 e. The summed E-state index contributed by atoms with van der Waals surface area (Å²) in [5, 5.41) is 0.264. The molecular formula is C11H15N3O4S. The second-order valence-corrected chi connectivity index (χ2v) is 6.26. The van der Waals surface area contributed by atoms with Gasteiger partial charge < -0.3 is 11.5 Å². The van der Waals surface area contributed by atoms with Crippen molar-refractivity contribution in [3.05, 3.63) is 23.8 Å². The van der Waals surface area contributed by atoms with Gasteiger partial charge in [-0.15, -0.1) is 0 Å². The Morgan fingerprint density at radius 2 is 1.89 bits per heavy atom. The molecule has 1 atom stereocenters. The van der Waals surface area contributed by atoms with Gasteiger partial charge in [0.05, 0.1) is 10.6 Å². The molecule has 1 rings (SSSR count). The quantitative estimate of drug-likeness (QED) is 0.669. The summed E-state index contributed by atoms with van der Waals surface area (Å²) in [6.45, 7) is 2.82. The van der Waals surface area contributed by atoms with Crippen LogP contribution in [0.3, 0.4) is 0 Å². The summed E-state index contributed by atoms with van der Waals surface area (Å²) in [4.78, 5) is 22.0. The van der Waals surface area contributed by atoms with Gasteiger partial charge in [-0.2, -0.15) is 0 Å². The molecule has 0 fully saturated rings. The molecule has 1 unspecified atom stereocenters. The van der Waals surface area contributed by atoms with Gasteiger partial charge in [-0.3, -0.25) is 10.1 Å². The molecule has 104 valence electrons. The van der Waals surface area contributed by atoms with Crippen LogP contribution in [-0.2, 0) is 14.6 Å². The number of hydrogen-bond acceptors (Lipinski definition) is 5. The van der Waals surface area contributed by atoms with Crippen molar-refractivity contribution in [2.24, 2.45) is 5.73 Å². The summed E-state index contributed by atoms with van der Waals surface area (Å²) in [7, 11) is -3.98. The molecule has 3 amide bonds. The lowest BCUT2D eigenvalue weighted by Crippen LogP contribution is -2.43. The van der Waals surface area contributed by atoms with Crippen LogP contribution in [0, 0.1) is 6.92 Å². The van der Waals surface area contributed by atoms with E-state index in [2.05, 4.69) is 0 Å². The van der Waals surface area contributed by atoms with Crippen molar-refractivity contribution in [2.45, 2.75) is 24.0 Å². The summed E-state index contributed by atoms with van der Waals surface area (Å²) < 4.78 is 24.5. The number of nitrogens with two attached hydrogens (primary N) is 2. The van der Waals surface area contributed by atoms with E-state index < -0.39 is 27.0 Å². The molecule has 19 heavy (non-hydrogen) atoms. The predicted molar refractivity (Wildman–Crippen MR) is 70.0 cm³/mol. The van der Waals surface area contributed by atoms with Gasteiger partial charge in [-0.25, -0.2) is 13.2 Å². The first-order valence-electron chi connectivity index (χ1n) is 5.37. The van der Waals surface area contributed by atoms with Crippen LogP contribution in [0.15, 0.2) is 23.1 Å². The number of sulfone groups is 1. The molecule has 0 bridgehead atoms. The van der Waals surface area contributed by atoms with Crippen LogP contribution in [0.5, 0.6) is 0 Å². The first-order valence-corrected chi connectivity index (χ1v) is 6.92. The van der Waals surface area contributed by atoms with E-state index in [1.165, 1.54) is 12.1 Å². The number of carbonyl (C=O) groups is 2. The average Bonchev–Trinajstić information content (AvgIpc) is 2.30. The molecule has 0 radical (unpaired) electrons. The van der Waals surface area contributed by atoms with Crippen molar-refractivity contribution < 1.29 is 18.0 Å². The van der Waals surface area contributed by atoms with E-state index in [0.29, 0.717) is 5.56 Å². The number of nitrogen functional groups attached to an aromatic ring is 1. The highest BCUT2D eigenvalue weighted by atomic mass is 32.2. The zero-order chi connectivity index (χ0) is 14.8. The fraction of sp³-hybridized carbons (Fsp3) is 0.273. The molecule has 8 heteroatoms. The number of nitrogens with one attached hydrogen (secondary N) is 1. The van der Waals surface area contributed by atoms with Crippen LogP contribution in [0.1, 0.15) is 12.5 Å². The number of anilines is 1. The molecule has 1 aromatic rings. The molecule has 0 aliphatic heterocycles. The van der Waals surface area contributed by atoms with Crippen molar-refractivity contribution in [3.63, 3.8) is 0 Å². The maximum Gasteiger partial charge on any atom is 0.318 e. The number of carbonyl (C=O) groups excluding carboxylic acids is 2. The molecule has 5 N–H and O–H groups in total. The van der Waals surface area contributed by atoms with E-state index in [-0.39, 0.29) is 10.6 Å². The number of imide groups is 1. The van der Waals surface area contributed by atoms with Gasteiger partial charge in [0, 0.05) is 0 Å². The standard InChI is InChI=1S/C11H15N3O4S/c1-6-4-3-5-8(9(6)12)19(17,18)7(2)10(15)14-11(13)16/h3-5,7H,12H2,1-2H3,(H3,13,14,15,16). The first-order chi connectivity index (χ1) is 8.67. The van der Waals surface area contributed by atoms with Crippen LogP contribution >= 0.6 is 0 Å². The summed E-state index contributed by atoms with van der Waals surface area (Å²) in [5.41, 5.74) is 11.2. The average molecular weight is 285 g/mol. The van der Waals surface area contributed by atoms with Gasteiger partial charge in [0.1, 0.15) is 5.25 Å². The van der Waals surface area contributed by atoms with Gasteiger partial charge in [0.2, 0.25) is 5.91 Å². The Morgan fingerprint density at radius 1 is 1.32 bits per heavy atom. The third kappa shape index (κ3) is 3.02. The van der Waals surface area contributed by atoms with Crippen LogP contribution in [0.4, 0.5) is 10.5 Å². The molecule has 0 aromatic heterocycles. The highest BCUT2D eigenvalue weighted by molar-refractivity contribution is 7.93. The van der Waals surface area contributed by atoms with Gasteiger partial charge in [0.15, 0.2) is 9.84 Å². The van der Waals surface area contributed by atoms with Gasteiger partial charge in [-0.05, 0) is 25.5 Å². The van der Waals surface area contributed by atoms with Gasteiger partial charge in [0.25, 0.3) is 0 Å². The minimum absolute atomic E-state index is 0.0845. The second kappa shape index (κ2) is 5.27. The van der Waals surface area contributed by atoms with Crippen molar-refractivity contribution in [3.8, 4) is 0 Å². The topological polar surface area (TPSA) is 132 Å². The van der Waals surface area contributed by atoms with Crippen molar-refractivity contribution in [1.82, 2.24) is 5.32 Å². The molecular weight excluding hydrogens is 270 g/mol. The number of rotatable bonds is 3. The third-order valence-corrected chi connectivity index (χ3v) is 4.79. The second-order valence-electron chi connectivity index (χ2n) is 4.03. The Balaban J connectivity index is 3.21. The van der Waals surface area contributed by atoms with E-state index in [1.807, 2.05) is 0 Å². The van der Waals surface area contributed by atoms with E-state index >= 15 is 0 Å². The minimum Gasteiger partial charge on any atom is -0.397 e. The van der Waals surface area contributed by atoms with Gasteiger partial charge in [-0.1, -0.05) is 12.1 Å². The summed E-state index contributed by atoms with van der Waals surface area (Å²) in [6, 6.07) is 3.38. The van der Waals surface area contributed by atoms with Crippen LogP contribution in [0.2, 0.25) is 0 Å². The number of primary amides is 1. The number of amides is 3. The molecule has 0 spiro atoms. The van der Waals surface area contributed by atoms with Crippen molar-refractivity contribution in [2.75, 3.05) is 5.73 Å². The zero-order valence-electron chi connectivity index (χ0n) is 10.5. The molecule has 1 aromatic carbocycles. The maximum absolute atomic E-state index is 12.2. The molecule has 0 saturated heterocycles.